The predicted molar refractivity (Wildman–Crippen MR) is 111 cm³/mol. The van der Waals surface area contributed by atoms with Crippen molar-refractivity contribution in [2.45, 2.75) is 17.7 Å². The summed E-state index contributed by atoms with van der Waals surface area (Å²) in [5, 5.41) is 12.9. The molecule has 1 N–H and O–H groups in total. The molecule has 0 unspecified atom stereocenters. The van der Waals surface area contributed by atoms with Gasteiger partial charge in [-0.3, -0.25) is 10.1 Å². The zero-order chi connectivity index (χ0) is 19.2. The zero-order valence-electron chi connectivity index (χ0n) is 15.2. The first-order chi connectivity index (χ1) is 13.8. The van der Waals surface area contributed by atoms with E-state index in [9.17, 15) is 4.79 Å². The van der Waals surface area contributed by atoms with E-state index in [1.165, 1.54) is 4.90 Å². The van der Waals surface area contributed by atoms with E-state index in [4.69, 9.17) is 4.42 Å². The van der Waals surface area contributed by atoms with Crippen molar-refractivity contribution in [1.29, 1.82) is 0 Å². The van der Waals surface area contributed by atoms with Crippen LogP contribution < -0.4 is 5.32 Å². The van der Waals surface area contributed by atoms with Gasteiger partial charge < -0.3 is 4.42 Å². The van der Waals surface area contributed by atoms with E-state index in [2.05, 4.69) is 33.7 Å². The Morgan fingerprint density at radius 1 is 0.929 bits per heavy atom. The predicted octanol–water partition coefficient (Wildman–Crippen LogP) is 4.74. The summed E-state index contributed by atoms with van der Waals surface area (Å²) >= 11 is 1.73. The summed E-state index contributed by atoms with van der Waals surface area (Å²) in [7, 11) is 0. The van der Waals surface area contributed by atoms with Crippen molar-refractivity contribution in [1.82, 2.24) is 10.2 Å². The van der Waals surface area contributed by atoms with Crippen LogP contribution in [0.15, 0.2) is 82.1 Å². The number of carbonyl (C=O) groups excluding carboxylic acids is 1. The largest absolute Gasteiger partial charge is 0.408 e. The van der Waals surface area contributed by atoms with Gasteiger partial charge in [-0.15, -0.1) is 16.9 Å². The van der Waals surface area contributed by atoms with Gasteiger partial charge in [-0.2, -0.15) is 0 Å². The van der Waals surface area contributed by atoms with Crippen LogP contribution >= 0.6 is 11.8 Å². The first kappa shape index (κ1) is 18.3. The maximum absolute atomic E-state index is 12.3. The van der Waals surface area contributed by atoms with Crippen molar-refractivity contribution in [2.75, 3.05) is 11.1 Å². The van der Waals surface area contributed by atoms with E-state index in [1.54, 1.807) is 11.8 Å². The standard InChI is InChI=1S/C22H19N3O2S/c26-20(15-16-10-11-17-6-4-5-7-18(17)14-16)23-22-25-24-21(27-22)12-13-28-19-8-2-1-3-9-19/h1-11,14H,12-13,15H2,(H,23,25,26). The molecule has 5 nitrogen and oxygen atoms in total. The van der Waals surface area contributed by atoms with Gasteiger partial charge in [0, 0.05) is 17.1 Å². The number of fused-ring (bicyclic) bond motifs is 1. The number of hydrogen-bond acceptors (Lipinski definition) is 5. The van der Waals surface area contributed by atoms with Gasteiger partial charge in [0.1, 0.15) is 0 Å². The lowest BCUT2D eigenvalue weighted by Gasteiger charge is -2.03. The van der Waals surface area contributed by atoms with E-state index >= 15 is 0 Å². The molecular weight excluding hydrogens is 370 g/mol. The summed E-state index contributed by atoms with van der Waals surface area (Å²) in [5.74, 6) is 1.17. The molecule has 0 saturated heterocycles. The van der Waals surface area contributed by atoms with Gasteiger partial charge in [-0.05, 0) is 28.5 Å². The third kappa shape index (κ3) is 4.78. The van der Waals surface area contributed by atoms with Gasteiger partial charge in [-0.25, -0.2) is 0 Å². The van der Waals surface area contributed by atoms with Gasteiger partial charge in [-0.1, -0.05) is 65.8 Å². The van der Waals surface area contributed by atoms with Crippen LogP contribution in [0, 0.1) is 0 Å². The highest BCUT2D eigenvalue weighted by Gasteiger charge is 2.11. The van der Waals surface area contributed by atoms with Crippen molar-refractivity contribution in [2.24, 2.45) is 0 Å². The fourth-order valence-corrected chi connectivity index (χ4v) is 3.74. The Balaban J connectivity index is 1.29. The summed E-state index contributed by atoms with van der Waals surface area (Å²) in [4.78, 5) is 13.5. The fraction of sp³-hybridized carbons (Fsp3) is 0.136. The average molecular weight is 389 g/mol. The molecule has 0 bridgehead atoms. The van der Waals surface area contributed by atoms with Crippen LogP contribution in [0.3, 0.4) is 0 Å². The normalized spacial score (nSPS) is 10.9. The maximum Gasteiger partial charge on any atom is 0.322 e. The Kier molecular flexibility index (Phi) is 5.68. The van der Waals surface area contributed by atoms with E-state index in [0.29, 0.717) is 12.3 Å². The quantitative estimate of drug-likeness (QED) is 0.463. The molecular formula is C22H19N3O2S. The summed E-state index contributed by atoms with van der Waals surface area (Å²) in [6.45, 7) is 0. The number of benzene rings is 3. The number of nitrogens with one attached hydrogen (secondary N) is 1. The topological polar surface area (TPSA) is 68.0 Å². The van der Waals surface area contributed by atoms with Crippen LogP contribution in [0.1, 0.15) is 11.5 Å². The zero-order valence-corrected chi connectivity index (χ0v) is 16.0. The Labute approximate surface area is 167 Å². The maximum atomic E-state index is 12.3. The first-order valence-electron chi connectivity index (χ1n) is 9.04. The molecule has 28 heavy (non-hydrogen) atoms. The van der Waals surface area contributed by atoms with Gasteiger partial charge in [0.2, 0.25) is 11.8 Å². The fourth-order valence-electron chi connectivity index (χ4n) is 2.88. The minimum Gasteiger partial charge on any atom is -0.408 e. The van der Waals surface area contributed by atoms with Crippen LogP contribution in [-0.4, -0.2) is 21.9 Å². The summed E-state index contributed by atoms with van der Waals surface area (Å²) in [6, 6.07) is 24.4. The number of rotatable bonds is 7. The Bertz CT molecular complexity index is 1080. The molecule has 0 spiro atoms. The molecule has 1 aromatic heterocycles. The van der Waals surface area contributed by atoms with Crippen LogP contribution in [0.5, 0.6) is 0 Å². The molecule has 1 amide bonds. The van der Waals surface area contributed by atoms with Crippen LogP contribution in [-0.2, 0) is 17.6 Å². The lowest BCUT2D eigenvalue weighted by molar-refractivity contribution is -0.115. The SMILES string of the molecule is O=C(Cc1ccc2ccccc2c1)Nc1nnc(CCSc2ccccc2)o1. The van der Waals surface area contributed by atoms with Gasteiger partial charge in [0.25, 0.3) is 0 Å². The molecule has 0 fully saturated rings. The van der Waals surface area contributed by atoms with Crippen molar-refractivity contribution in [3.63, 3.8) is 0 Å². The number of aryl methyl sites for hydroxylation is 1. The van der Waals surface area contributed by atoms with E-state index in [0.717, 1.165) is 22.1 Å². The summed E-state index contributed by atoms with van der Waals surface area (Å²) in [5.41, 5.74) is 0.940. The number of hydrogen-bond donors (Lipinski definition) is 1. The van der Waals surface area contributed by atoms with Crippen molar-refractivity contribution in [3.05, 3.63) is 84.3 Å². The molecule has 0 aliphatic carbocycles. The monoisotopic (exact) mass is 389 g/mol. The van der Waals surface area contributed by atoms with Gasteiger partial charge in [0.05, 0.1) is 6.42 Å². The smallest absolute Gasteiger partial charge is 0.322 e. The molecule has 3 aromatic carbocycles. The first-order valence-corrected chi connectivity index (χ1v) is 10.0. The lowest BCUT2D eigenvalue weighted by Crippen LogP contribution is -2.14. The van der Waals surface area contributed by atoms with E-state index in [-0.39, 0.29) is 18.3 Å². The molecule has 0 aliphatic rings. The minimum atomic E-state index is -0.177. The molecule has 0 radical (unpaired) electrons. The highest BCUT2D eigenvalue weighted by Crippen LogP contribution is 2.19. The summed E-state index contributed by atoms with van der Waals surface area (Å²) < 4.78 is 5.53. The van der Waals surface area contributed by atoms with Crippen LogP contribution in [0.25, 0.3) is 10.8 Å². The van der Waals surface area contributed by atoms with Gasteiger partial charge >= 0.3 is 6.01 Å². The molecule has 6 heteroatoms. The number of carbonyl (C=O) groups is 1. The minimum absolute atomic E-state index is 0.144. The molecule has 1 heterocycles. The van der Waals surface area contributed by atoms with Crippen LogP contribution in [0.2, 0.25) is 0 Å². The molecule has 0 atom stereocenters. The molecule has 0 saturated carbocycles. The van der Waals surface area contributed by atoms with Crippen molar-refractivity contribution >= 4 is 34.5 Å². The highest BCUT2D eigenvalue weighted by atomic mass is 32.2. The highest BCUT2D eigenvalue weighted by molar-refractivity contribution is 7.99. The number of nitrogens with zero attached hydrogens (tertiary/aromatic N) is 2. The number of anilines is 1. The van der Waals surface area contributed by atoms with Crippen molar-refractivity contribution < 1.29 is 9.21 Å². The second kappa shape index (κ2) is 8.71. The average Bonchev–Trinajstić information content (AvgIpc) is 3.15. The van der Waals surface area contributed by atoms with E-state index < -0.39 is 0 Å². The Hall–Kier alpha value is -3.12. The molecule has 0 aliphatic heterocycles. The molecule has 4 aromatic rings. The van der Waals surface area contributed by atoms with E-state index in [1.807, 2.05) is 54.6 Å². The third-order valence-electron chi connectivity index (χ3n) is 4.22. The third-order valence-corrected chi connectivity index (χ3v) is 5.23. The second-order valence-electron chi connectivity index (χ2n) is 6.32. The second-order valence-corrected chi connectivity index (χ2v) is 7.49. The Morgan fingerprint density at radius 2 is 1.71 bits per heavy atom. The molecule has 4 rings (SSSR count). The van der Waals surface area contributed by atoms with Crippen LogP contribution in [0.4, 0.5) is 6.01 Å². The number of thioether (sulfide) groups is 1. The number of aromatic nitrogens is 2. The van der Waals surface area contributed by atoms with Crippen molar-refractivity contribution in [3.8, 4) is 0 Å². The number of amides is 1. The molecule has 140 valence electrons. The lowest BCUT2D eigenvalue weighted by atomic mass is 10.1. The Morgan fingerprint density at radius 3 is 2.57 bits per heavy atom. The van der Waals surface area contributed by atoms with Gasteiger partial charge in [0.15, 0.2) is 0 Å². The summed E-state index contributed by atoms with van der Waals surface area (Å²) in [6.07, 6.45) is 0.902.